The van der Waals surface area contributed by atoms with E-state index in [2.05, 4.69) is 0 Å². The molecular weight excluding hydrogens is 471 g/mol. The summed E-state index contributed by atoms with van der Waals surface area (Å²) in [7, 11) is 1.18. The minimum Gasteiger partial charge on any atom is -0.496 e. The Labute approximate surface area is 207 Å². The predicted molar refractivity (Wildman–Crippen MR) is 128 cm³/mol. The number of rotatable bonds is 7. The SMILES string of the molecule is COc1c(C(F)(F)F)ccc(-c2cccc(CC(=O)O)c2)c1CN(C(C)=O)[C@@H]1CCc2ccccc21. The van der Waals surface area contributed by atoms with E-state index in [0.717, 1.165) is 23.6 Å². The summed E-state index contributed by atoms with van der Waals surface area (Å²) in [6, 6.07) is 16.5. The van der Waals surface area contributed by atoms with E-state index in [9.17, 15) is 27.9 Å². The van der Waals surface area contributed by atoms with Gasteiger partial charge in [-0.2, -0.15) is 13.2 Å². The number of nitrogens with zero attached hydrogens (tertiary/aromatic N) is 1. The third kappa shape index (κ3) is 5.08. The zero-order valence-electron chi connectivity index (χ0n) is 19.9. The number of ether oxygens (including phenoxy) is 1. The van der Waals surface area contributed by atoms with Crippen LogP contribution in [0.5, 0.6) is 5.75 Å². The zero-order chi connectivity index (χ0) is 26.0. The molecule has 0 spiro atoms. The number of hydrogen-bond acceptors (Lipinski definition) is 3. The van der Waals surface area contributed by atoms with Crippen molar-refractivity contribution in [1.82, 2.24) is 4.90 Å². The number of carbonyl (C=O) groups is 2. The van der Waals surface area contributed by atoms with Crippen molar-refractivity contribution >= 4 is 11.9 Å². The van der Waals surface area contributed by atoms with E-state index >= 15 is 0 Å². The van der Waals surface area contributed by atoms with Crippen LogP contribution in [0.1, 0.15) is 47.2 Å². The van der Waals surface area contributed by atoms with Crippen molar-refractivity contribution in [3.63, 3.8) is 0 Å². The molecule has 1 N–H and O–H groups in total. The van der Waals surface area contributed by atoms with Crippen LogP contribution in [0.4, 0.5) is 13.2 Å². The third-order valence-corrected chi connectivity index (χ3v) is 6.57. The standard InChI is InChI=1S/C28H26F3NO4/c1-17(33)32(25-13-10-19-7-3-4-9-22(19)25)16-23-21(11-12-24(27(23)36-2)28(29,30)31)20-8-5-6-18(14-20)15-26(34)35/h3-9,11-12,14,25H,10,13,15-16H2,1-2H3,(H,34,35)/t25-/m1/s1. The Balaban J connectivity index is 1.87. The molecule has 0 heterocycles. The number of aliphatic carboxylic acids is 1. The summed E-state index contributed by atoms with van der Waals surface area (Å²) in [5.74, 6) is -1.62. The van der Waals surface area contributed by atoms with Crippen LogP contribution in [-0.2, 0) is 35.2 Å². The van der Waals surface area contributed by atoms with Crippen LogP contribution in [0.2, 0.25) is 0 Å². The Morgan fingerprint density at radius 3 is 2.50 bits per heavy atom. The maximum atomic E-state index is 13.9. The van der Waals surface area contributed by atoms with Gasteiger partial charge in [-0.25, -0.2) is 0 Å². The molecule has 36 heavy (non-hydrogen) atoms. The molecule has 4 rings (SSSR count). The molecule has 0 bridgehead atoms. The molecule has 0 saturated heterocycles. The first kappa shape index (κ1) is 25.3. The summed E-state index contributed by atoms with van der Waals surface area (Å²) in [5, 5.41) is 9.18. The largest absolute Gasteiger partial charge is 0.496 e. The maximum absolute atomic E-state index is 13.9. The maximum Gasteiger partial charge on any atom is 0.419 e. The average molecular weight is 498 g/mol. The first-order valence-electron chi connectivity index (χ1n) is 11.5. The lowest BCUT2D eigenvalue weighted by atomic mass is 9.93. The van der Waals surface area contributed by atoms with E-state index in [1.54, 1.807) is 29.2 Å². The summed E-state index contributed by atoms with van der Waals surface area (Å²) >= 11 is 0. The third-order valence-electron chi connectivity index (χ3n) is 6.57. The van der Waals surface area contributed by atoms with Gasteiger partial charge in [0.15, 0.2) is 0 Å². The van der Waals surface area contributed by atoms with E-state index in [1.165, 1.54) is 20.1 Å². The highest BCUT2D eigenvalue weighted by molar-refractivity contribution is 5.77. The van der Waals surface area contributed by atoms with E-state index in [4.69, 9.17) is 4.74 Å². The molecule has 5 nitrogen and oxygen atoms in total. The lowest BCUT2D eigenvalue weighted by Crippen LogP contribution is -2.32. The van der Waals surface area contributed by atoms with Crippen LogP contribution in [0.25, 0.3) is 11.1 Å². The second kappa shape index (κ2) is 10.0. The minimum absolute atomic E-state index is 0.0973. The topological polar surface area (TPSA) is 66.8 Å². The van der Waals surface area contributed by atoms with Gasteiger partial charge in [-0.15, -0.1) is 0 Å². The molecule has 1 atom stereocenters. The molecule has 0 saturated carbocycles. The Kier molecular flexibility index (Phi) is 7.06. The van der Waals surface area contributed by atoms with Gasteiger partial charge >= 0.3 is 12.1 Å². The zero-order valence-corrected chi connectivity index (χ0v) is 19.9. The van der Waals surface area contributed by atoms with Gasteiger partial charge in [-0.05, 0) is 46.7 Å². The monoisotopic (exact) mass is 497 g/mol. The predicted octanol–water partition coefficient (Wildman–Crippen LogP) is 6.04. The van der Waals surface area contributed by atoms with Crippen molar-refractivity contribution in [2.24, 2.45) is 0 Å². The number of methoxy groups -OCH3 is 1. The van der Waals surface area contributed by atoms with Gasteiger partial charge in [-0.3, -0.25) is 9.59 Å². The van der Waals surface area contributed by atoms with Crippen molar-refractivity contribution in [1.29, 1.82) is 0 Å². The van der Waals surface area contributed by atoms with E-state index in [-0.39, 0.29) is 36.2 Å². The molecule has 0 unspecified atom stereocenters. The van der Waals surface area contributed by atoms with Gasteiger partial charge in [0.1, 0.15) is 5.75 Å². The normalized spacial score (nSPS) is 14.9. The molecule has 1 aliphatic carbocycles. The average Bonchev–Trinajstić information content (AvgIpc) is 3.24. The molecule has 3 aromatic rings. The first-order chi connectivity index (χ1) is 17.1. The van der Waals surface area contributed by atoms with Crippen LogP contribution < -0.4 is 4.74 Å². The number of carboxylic acids is 1. The molecule has 0 fully saturated rings. The number of benzene rings is 3. The Hall–Kier alpha value is -3.81. The van der Waals surface area contributed by atoms with Crippen molar-refractivity contribution in [2.75, 3.05) is 7.11 Å². The number of carboxylic acid groups (broad SMARTS) is 1. The van der Waals surface area contributed by atoms with Gasteiger partial charge < -0.3 is 14.7 Å². The van der Waals surface area contributed by atoms with Crippen LogP contribution in [0, 0.1) is 0 Å². The molecule has 8 heteroatoms. The van der Waals surface area contributed by atoms with Gasteiger partial charge in [0.05, 0.1) is 31.7 Å². The Morgan fingerprint density at radius 2 is 1.83 bits per heavy atom. The summed E-state index contributed by atoms with van der Waals surface area (Å²) in [4.78, 5) is 25.7. The fourth-order valence-corrected chi connectivity index (χ4v) is 5.00. The molecule has 1 aliphatic rings. The molecule has 0 aromatic heterocycles. The number of aryl methyl sites for hydroxylation is 1. The molecule has 1 amide bonds. The molecule has 3 aromatic carbocycles. The summed E-state index contributed by atoms with van der Waals surface area (Å²) < 4.78 is 47.1. The number of hydrogen-bond donors (Lipinski definition) is 1. The number of alkyl halides is 3. The van der Waals surface area contributed by atoms with Gasteiger partial charge in [0, 0.05) is 12.5 Å². The smallest absolute Gasteiger partial charge is 0.419 e. The van der Waals surface area contributed by atoms with Crippen molar-refractivity contribution in [3.8, 4) is 16.9 Å². The van der Waals surface area contributed by atoms with Crippen LogP contribution >= 0.6 is 0 Å². The summed E-state index contributed by atoms with van der Waals surface area (Å²) in [6.45, 7) is 1.31. The highest BCUT2D eigenvalue weighted by atomic mass is 19.4. The lowest BCUT2D eigenvalue weighted by Gasteiger charge is -2.31. The Morgan fingerprint density at radius 1 is 1.08 bits per heavy atom. The Bertz CT molecular complexity index is 1300. The van der Waals surface area contributed by atoms with E-state index in [1.807, 2.05) is 24.3 Å². The highest BCUT2D eigenvalue weighted by Gasteiger charge is 2.37. The quantitative estimate of drug-likeness (QED) is 0.432. The van der Waals surface area contributed by atoms with Gasteiger partial charge in [-0.1, -0.05) is 54.6 Å². The van der Waals surface area contributed by atoms with Gasteiger partial charge in [0.25, 0.3) is 0 Å². The van der Waals surface area contributed by atoms with Crippen molar-refractivity contribution < 1.29 is 32.6 Å². The molecule has 188 valence electrons. The fourth-order valence-electron chi connectivity index (χ4n) is 5.00. The molecular formula is C28H26F3NO4. The number of amides is 1. The van der Waals surface area contributed by atoms with Crippen LogP contribution in [0.15, 0.2) is 60.7 Å². The lowest BCUT2D eigenvalue weighted by molar-refractivity contribution is -0.139. The fraction of sp³-hybridized carbons (Fsp3) is 0.286. The second-order valence-electron chi connectivity index (χ2n) is 8.84. The number of halogens is 3. The number of carbonyl (C=O) groups excluding carboxylic acids is 1. The summed E-state index contributed by atoms with van der Waals surface area (Å²) in [5.41, 5.74) is 2.91. The van der Waals surface area contributed by atoms with E-state index < -0.39 is 17.7 Å². The molecule has 0 aliphatic heterocycles. The van der Waals surface area contributed by atoms with Crippen LogP contribution in [-0.4, -0.2) is 29.0 Å². The second-order valence-corrected chi connectivity index (χ2v) is 8.84. The number of fused-ring (bicyclic) bond motifs is 1. The van der Waals surface area contributed by atoms with Crippen molar-refractivity contribution in [3.05, 3.63) is 88.5 Å². The summed E-state index contributed by atoms with van der Waals surface area (Å²) in [6.07, 6.45) is -3.44. The minimum atomic E-state index is -4.66. The molecule has 0 radical (unpaired) electrons. The highest BCUT2D eigenvalue weighted by Crippen LogP contribution is 2.44. The van der Waals surface area contributed by atoms with Gasteiger partial charge in [0.2, 0.25) is 5.91 Å². The van der Waals surface area contributed by atoms with E-state index in [0.29, 0.717) is 23.1 Å². The first-order valence-corrected chi connectivity index (χ1v) is 11.5. The van der Waals surface area contributed by atoms with Crippen LogP contribution in [0.3, 0.4) is 0 Å². The van der Waals surface area contributed by atoms with Crippen molar-refractivity contribution in [2.45, 2.75) is 44.9 Å².